The van der Waals surface area contributed by atoms with Crippen LogP contribution >= 0.6 is 0 Å². The van der Waals surface area contributed by atoms with Crippen molar-refractivity contribution in [2.45, 2.75) is 19.9 Å². The molecule has 0 aliphatic heterocycles. The summed E-state index contributed by atoms with van der Waals surface area (Å²) in [4.78, 5) is 17.5. The summed E-state index contributed by atoms with van der Waals surface area (Å²) in [5.41, 5.74) is 3.94. The lowest BCUT2D eigenvalue weighted by Gasteiger charge is -2.02. The quantitative estimate of drug-likeness (QED) is 0.409. The van der Waals surface area contributed by atoms with E-state index in [0.717, 1.165) is 23.3 Å². The number of benzene rings is 2. The summed E-state index contributed by atoms with van der Waals surface area (Å²) in [7, 11) is 1.62. The van der Waals surface area contributed by atoms with Crippen LogP contribution in [0.4, 0.5) is 0 Å². The molecule has 0 aliphatic carbocycles. The lowest BCUT2D eigenvalue weighted by atomic mass is 10.1. The fourth-order valence-electron chi connectivity index (χ4n) is 3.55. The molecule has 32 heavy (non-hydrogen) atoms. The van der Waals surface area contributed by atoms with E-state index >= 15 is 0 Å². The van der Waals surface area contributed by atoms with Gasteiger partial charge in [0.1, 0.15) is 17.8 Å². The maximum Gasteiger partial charge on any atom is 0.277 e. The molecule has 8 heteroatoms. The van der Waals surface area contributed by atoms with Gasteiger partial charge in [-0.2, -0.15) is 10.1 Å². The highest BCUT2D eigenvalue weighted by Crippen LogP contribution is 2.23. The molecule has 3 heterocycles. The Kier molecular flexibility index (Phi) is 5.03. The minimum Gasteiger partial charge on any atom is -0.497 e. The van der Waals surface area contributed by atoms with Gasteiger partial charge in [-0.3, -0.25) is 4.79 Å². The van der Waals surface area contributed by atoms with Crippen molar-refractivity contribution >= 4 is 5.52 Å². The Morgan fingerprint density at radius 1 is 1.03 bits per heavy atom. The zero-order valence-electron chi connectivity index (χ0n) is 17.7. The Morgan fingerprint density at radius 2 is 1.88 bits per heavy atom. The van der Waals surface area contributed by atoms with Crippen LogP contribution in [0.15, 0.2) is 76.3 Å². The molecule has 0 atom stereocenters. The molecule has 5 aromatic rings. The van der Waals surface area contributed by atoms with Gasteiger partial charge in [0.15, 0.2) is 0 Å². The average Bonchev–Trinajstić information content (AvgIpc) is 3.49. The highest BCUT2D eigenvalue weighted by atomic mass is 16.5. The highest BCUT2D eigenvalue weighted by Gasteiger charge is 2.13. The summed E-state index contributed by atoms with van der Waals surface area (Å²) in [5, 5.41) is 8.58. The number of fused-ring (bicyclic) bond motifs is 1. The molecule has 0 amide bonds. The molecule has 3 aromatic heterocycles. The predicted octanol–water partition coefficient (Wildman–Crippen LogP) is 3.83. The first-order valence-corrected chi connectivity index (χ1v) is 10.3. The standard InChI is InChI=1S/C24H21N5O3/c1-3-16-7-9-17(10-8-16)23-25-22(32-27-23)15-28-11-12-29-21(24(28)30)14-20(26-29)18-5-4-6-19(13-18)31-2/h4-14H,3,15H2,1-2H3. The van der Waals surface area contributed by atoms with Crippen LogP contribution in [0.25, 0.3) is 28.2 Å². The summed E-state index contributed by atoms with van der Waals surface area (Å²) in [6.07, 6.45) is 4.37. The van der Waals surface area contributed by atoms with Crippen LogP contribution < -0.4 is 10.3 Å². The molecule has 0 saturated carbocycles. The highest BCUT2D eigenvalue weighted by molar-refractivity contribution is 5.66. The monoisotopic (exact) mass is 427 g/mol. The number of hydrogen-bond acceptors (Lipinski definition) is 6. The largest absolute Gasteiger partial charge is 0.497 e. The number of nitrogens with zero attached hydrogens (tertiary/aromatic N) is 5. The van der Waals surface area contributed by atoms with E-state index in [2.05, 4.69) is 22.2 Å². The molecule has 0 bridgehead atoms. The van der Waals surface area contributed by atoms with E-state index in [9.17, 15) is 4.79 Å². The molecule has 0 N–H and O–H groups in total. The van der Waals surface area contributed by atoms with Crippen LogP contribution in [0.1, 0.15) is 18.4 Å². The first-order chi connectivity index (χ1) is 15.6. The third kappa shape index (κ3) is 3.66. The zero-order valence-corrected chi connectivity index (χ0v) is 17.7. The first-order valence-electron chi connectivity index (χ1n) is 10.3. The number of methoxy groups -OCH3 is 1. The van der Waals surface area contributed by atoms with Crippen molar-refractivity contribution in [3.63, 3.8) is 0 Å². The molecular formula is C24H21N5O3. The number of hydrogen-bond donors (Lipinski definition) is 0. The number of ether oxygens (including phenoxy) is 1. The van der Waals surface area contributed by atoms with Crippen molar-refractivity contribution in [2.24, 2.45) is 0 Å². The Hall–Kier alpha value is -4.20. The molecule has 0 saturated heterocycles. The minimum absolute atomic E-state index is 0.176. The van der Waals surface area contributed by atoms with Gasteiger partial charge in [-0.05, 0) is 30.2 Å². The lowest BCUT2D eigenvalue weighted by molar-refractivity contribution is 0.370. The summed E-state index contributed by atoms with van der Waals surface area (Å²) in [6.45, 7) is 2.28. The van der Waals surface area contributed by atoms with Gasteiger partial charge >= 0.3 is 0 Å². The van der Waals surface area contributed by atoms with Gasteiger partial charge in [0.05, 0.1) is 12.8 Å². The van der Waals surface area contributed by atoms with Gasteiger partial charge < -0.3 is 13.8 Å². The summed E-state index contributed by atoms with van der Waals surface area (Å²) >= 11 is 0. The molecule has 5 rings (SSSR count). The zero-order chi connectivity index (χ0) is 22.1. The van der Waals surface area contributed by atoms with E-state index in [4.69, 9.17) is 9.26 Å². The van der Waals surface area contributed by atoms with E-state index in [1.165, 1.54) is 10.1 Å². The summed E-state index contributed by atoms with van der Waals surface area (Å²) < 4.78 is 13.8. The predicted molar refractivity (Wildman–Crippen MR) is 120 cm³/mol. The minimum atomic E-state index is -0.193. The third-order valence-electron chi connectivity index (χ3n) is 5.36. The maximum atomic E-state index is 13.0. The number of aryl methyl sites for hydroxylation is 1. The molecule has 2 aromatic carbocycles. The third-order valence-corrected chi connectivity index (χ3v) is 5.36. The van der Waals surface area contributed by atoms with Gasteiger partial charge in [0.25, 0.3) is 5.56 Å². The Labute approximate surface area is 183 Å². The van der Waals surface area contributed by atoms with Crippen LogP contribution in [-0.2, 0) is 13.0 Å². The van der Waals surface area contributed by atoms with E-state index in [0.29, 0.717) is 22.9 Å². The van der Waals surface area contributed by atoms with Crippen LogP contribution in [0, 0.1) is 0 Å². The molecule has 0 fully saturated rings. The SMILES string of the molecule is CCc1ccc(-c2noc(Cn3ccn4nc(-c5cccc(OC)c5)cc4c3=O)n2)cc1. The summed E-state index contributed by atoms with van der Waals surface area (Å²) in [5.74, 6) is 1.59. The second-order valence-electron chi connectivity index (χ2n) is 7.38. The number of rotatable bonds is 6. The van der Waals surface area contributed by atoms with Crippen LogP contribution in [0.2, 0.25) is 0 Å². The van der Waals surface area contributed by atoms with E-state index < -0.39 is 0 Å². The van der Waals surface area contributed by atoms with Gasteiger partial charge in [0, 0.05) is 23.5 Å². The van der Waals surface area contributed by atoms with Crippen molar-refractivity contribution in [1.82, 2.24) is 24.3 Å². The van der Waals surface area contributed by atoms with Crippen LogP contribution in [0.5, 0.6) is 5.75 Å². The molecular weight excluding hydrogens is 406 g/mol. The Balaban J connectivity index is 1.43. The van der Waals surface area contributed by atoms with E-state index in [1.54, 1.807) is 30.1 Å². The molecule has 0 aliphatic rings. The fourth-order valence-corrected chi connectivity index (χ4v) is 3.55. The average molecular weight is 427 g/mol. The normalized spacial score (nSPS) is 11.2. The summed E-state index contributed by atoms with van der Waals surface area (Å²) in [6, 6.07) is 17.4. The van der Waals surface area contributed by atoms with Gasteiger partial charge in [-0.25, -0.2) is 4.52 Å². The van der Waals surface area contributed by atoms with Crippen molar-refractivity contribution in [3.05, 3.63) is 88.8 Å². The first kappa shape index (κ1) is 19.7. The van der Waals surface area contributed by atoms with Crippen molar-refractivity contribution in [1.29, 1.82) is 0 Å². The van der Waals surface area contributed by atoms with Crippen LogP contribution in [-0.4, -0.2) is 31.4 Å². The van der Waals surface area contributed by atoms with Gasteiger partial charge in [-0.1, -0.05) is 48.5 Å². The molecule has 0 radical (unpaired) electrons. The van der Waals surface area contributed by atoms with E-state index in [1.807, 2.05) is 48.5 Å². The van der Waals surface area contributed by atoms with Crippen molar-refractivity contribution in [2.75, 3.05) is 7.11 Å². The van der Waals surface area contributed by atoms with Gasteiger partial charge in [0.2, 0.25) is 11.7 Å². The lowest BCUT2D eigenvalue weighted by Crippen LogP contribution is -2.21. The van der Waals surface area contributed by atoms with Crippen molar-refractivity contribution < 1.29 is 9.26 Å². The van der Waals surface area contributed by atoms with Crippen LogP contribution in [0.3, 0.4) is 0 Å². The van der Waals surface area contributed by atoms with Gasteiger partial charge in [-0.15, -0.1) is 0 Å². The Morgan fingerprint density at radius 3 is 2.66 bits per heavy atom. The van der Waals surface area contributed by atoms with Crippen molar-refractivity contribution in [3.8, 4) is 28.4 Å². The maximum absolute atomic E-state index is 13.0. The number of aromatic nitrogens is 5. The second-order valence-corrected chi connectivity index (χ2v) is 7.38. The molecule has 160 valence electrons. The molecule has 0 unspecified atom stereocenters. The molecule has 8 nitrogen and oxygen atoms in total. The molecule has 0 spiro atoms. The second kappa shape index (κ2) is 8.14. The fraction of sp³-hybridized carbons (Fsp3) is 0.167. The Bertz CT molecular complexity index is 1450. The van der Waals surface area contributed by atoms with E-state index in [-0.39, 0.29) is 12.1 Å². The smallest absolute Gasteiger partial charge is 0.277 e. The topological polar surface area (TPSA) is 87.5 Å².